The molecule has 0 spiro atoms. The smallest absolute Gasteiger partial charge is 0.343 e. The van der Waals surface area contributed by atoms with Gasteiger partial charge in [-0.05, 0) is 13.8 Å². The predicted molar refractivity (Wildman–Crippen MR) is 114 cm³/mol. The molecule has 0 aromatic rings. The third-order valence-electron chi connectivity index (χ3n) is 5.01. The molecule has 0 fully saturated rings. The summed E-state index contributed by atoms with van der Waals surface area (Å²) in [5.41, 5.74) is -5.21. The molecule has 2 unspecified atom stereocenters. The molecule has 0 saturated heterocycles. The molecule has 11 heteroatoms. The van der Waals surface area contributed by atoms with Crippen LogP contribution in [0.1, 0.15) is 68.2 Å². The molecule has 0 heterocycles. The second-order valence-corrected chi connectivity index (χ2v) is 9.63. The van der Waals surface area contributed by atoms with Crippen molar-refractivity contribution in [3.05, 3.63) is 0 Å². The fraction of sp³-hybridized carbons (Fsp3) is 0.727. The molecule has 195 valence electrons. The van der Waals surface area contributed by atoms with E-state index in [0.717, 1.165) is 28.1 Å². The van der Waals surface area contributed by atoms with Gasteiger partial charge in [0.25, 0.3) is 0 Å². The van der Waals surface area contributed by atoms with E-state index >= 15 is 0 Å². The average molecular weight is 524 g/mol. The van der Waals surface area contributed by atoms with E-state index in [0.29, 0.717) is 0 Å². The summed E-state index contributed by atoms with van der Waals surface area (Å²) in [6.07, 6.45) is -0.861. The van der Waals surface area contributed by atoms with E-state index in [2.05, 4.69) is 9.47 Å². The standard InChI is InChI=1S/2C11H18O5.Cu/c2*1-10(2,3)7(12)6-8(13)11(4,16-5)9(14)15;/h2*6H2,1-5H3,(H,14,15);. The maximum absolute atomic E-state index is 11.7. The Morgan fingerprint density at radius 3 is 0.879 bits per heavy atom. The zero-order valence-electron chi connectivity index (χ0n) is 20.9. The summed E-state index contributed by atoms with van der Waals surface area (Å²) in [5.74, 6) is -4.85. The summed E-state index contributed by atoms with van der Waals surface area (Å²) < 4.78 is 9.35. The van der Waals surface area contributed by atoms with Crippen LogP contribution >= 0.6 is 0 Å². The van der Waals surface area contributed by atoms with Gasteiger partial charge >= 0.3 is 11.9 Å². The summed E-state index contributed by atoms with van der Waals surface area (Å²) in [6.45, 7) is 12.3. The molecule has 0 aromatic carbocycles. The van der Waals surface area contributed by atoms with Gasteiger partial charge in [0.1, 0.15) is 11.6 Å². The second-order valence-electron chi connectivity index (χ2n) is 9.63. The fourth-order valence-electron chi connectivity index (χ4n) is 1.80. The van der Waals surface area contributed by atoms with Crippen LogP contribution in [-0.2, 0) is 55.3 Å². The maximum Gasteiger partial charge on any atom is 0.343 e. The molecule has 0 saturated carbocycles. The number of rotatable bonds is 10. The van der Waals surface area contributed by atoms with Gasteiger partial charge in [0.05, 0.1) is 12.8 Å². The van der Waals surface area contributed by atoms with Crippen molar-refractivity contribution in [2.45, 2.75) is 79.4 Å². The molecular formula is C22H36CuO10. The number of ether oxygens (including phenoxy) is 2. The van der Waals surface area contributed by atoms with Crippen LogP contribution in [0.5, 0.6) is 0 Å². The van der Waals surface area contributed by atoms with Crippen LogP contribution in [0.15, 0.2) is 0 Å². The topological polar surface area (TPSA) is 161 Å². The first-order chi connectivity index (χ1) is 14.1. The third kappa shape index (κ3) is 10.2. The van der Waals surface area contributed by atoms with Crippen molar-refractivity contribution in [2.24, 2.45) is 10.8 Å². The molecule has 2 N–H and O–H groups in total. The number of methoxy groups -OCH3 is 2. The quantitative estimate of drug-likeness (QED) is 0.320. The van der Waals surface area contributed by atoms with E-state index in [1.165, 1.54) is 0 Å². The Morgan fingerprint density at radius 1 is 0.545 bits per heavy atom. The average Bonchev–Trinajstić information content (AvgIpc) is 2.64. The van der Waals surface area contributed by atoms with Crippen molar-refractivity contribution in [1.29, 1.82) is 0 Å². The summed E-state index contributed by atoms with van der Waals surface area (Å²) in [5, 5.41) is 17.7. The maximum atomic E-state index is 11.7. The molecule has 2 atom stereocenters. The third-order valence-corrected chi connectivity index (χ3v) is 5.01. The second kappa shape index (κ2) is 13.1. The number of carboxylic acid groups (broad SMARTS) is 2. The summed E-state index contributed by atoms with van der Waals surface area (Å²) in [6, 6.07) is 0. The van der Waals surface area contributed by atoms with Gasteiger partial charge < -0.3 is 19.7 Å². The first kappa shape index (κ1) is 35.6. The van der Waals surface area contributed by atoms with Crippen LogP contribution in [0.4, 0.5) is 0 Å². The Bertz CT molecular complexity index is 696. The van der Waals surface area contributed by atoms with Gasteiger partial charge in [-0.2, -0.15) is 0 Å². The zero-order chi connectivity index (χ0) is 26.3. The Labute approximate surface area is 205 Å². The van der Waals surface area contributed by atoms with Gasteiger partial charge in [0, 0.05) is 42.1 Å². The van der Waals surface area contributed by atoms with Crippen LogP contribution < -0.4 is 0 Å². The number of hydrogen-bond acceptors (Lipinski definition) is 8. The van der Waals surface area contributed by atoms with E-state index in [4.69, 9.17) is 10.2 Å². The number of carboxylic acids is 2. The summed E-state index contributed by atoms with van der Waals surface area (Å²) in [4.78, 5) is 68.3. The normalized spacial score (nSPS) is 14.8. The molecular weight excluding hydrogens is 488 g/mol. The molecule has 0 aromatic heterocycles. The summed E-state index contributed by atoms with van der Waals surface area (Å²) in [7, 11) is 2.27. The molecule has 0 aliphatic heterocycles. The molecule has 1 radical (unpaired) electrons. The number of hydrogen-bond donors (Lipinski definition) is 2. The van der Waals surface area contributed by atoms with E-state index < -0.39 is 58.4 Å². The van der Waals surface area contributed by atoms with Crippen molar-refractivity contribution >= 4 is 35.1 Å². The van der Waals surface area contributed by atoms with Gasteiger partial charge in [0.15, 0.2) is 11.6 Å². The van der Waals surface area contributed by atoms with Crippen molar-refractivity contribution in [3.8, 4) is 0 Å². The van der Waals surface area contributed by atoms with E-state index in [1.807, 2.05) is 0 Å². The summed E-state index contributed by atoms with van der Waals surface area (Å²) >= 11 is 0. The molecule has 0 rings (SSSR count). The van der Waals surface area contributed by atoms with Gasteiger partial charge in [-0.3, -0.25) is 19.2 Å². The molecule has 0 aliphatic rings. The van der Waals surface area contributed by atoms with Gasteiger partial charge in [0.2, 0.25) is 11.2 Å². The van der Waals surface area contributed by atoms with Crippen molar-refractivity contribution in [3.63, 3.8) is 0 Å². The van der Waals surface area contributed by atoms with E-state index in [-0.39, 0.29) is 28.6 Å². The number of ketones is 4. The van der Waals surface area contributed by atoms with Crippen LogP contribution in [0.2, 0.25) is 0 Å². The minimum atomic E-state index is -1.94. The molecule has 0 aliphatic carbocycles. The van der Waals surface area contributed by atoms with Crippen molar-refractivity contribution < 1.29 is 65.5 Å². The molecule has 10 nitrogen and oxygen atoms in total. The Morgan fingerprint density at radius 2 is 0.758 bits per heavy atom. The van der Waals surface area contributed by atoms with Gasteiger partial charge in [-0.15, -0.1) is 0 Å². The van der Waals surface area contributed by atoms with Crippen LogP contribution in [0.25, 0.3) is 0 Å². The molecule has 33 heavy (non-hydrogen) atoms. The van der Waals surface area contributed by atoms with E-state index in [9.17, 15) is 28.8 Å². The Balaban J connectivity index is -0.000000529. The number of Topliss-reactive ketones (excluding diaryl/α,β-unsaturated/α-hetero) is 4. The number of carbonyl (C=O) groups is 6. The van der Waals surface area contributed by atoms with Crippen LogP contribution in [0.3, 0.4) is 0 Å². The SMILES string of the molecule is COC(C)(C(=O)O)C(=O)CC(=O)C(C)(C)C.COC(C)(C(=O)O)C(=O)CC(=O)C(C)(C)C.[Cu]. The van der Waals surface area contributed by atoms with Gasteiger partial charge in [-0.1, -0.05) is 41.5 Å². The van der Waals surface area contributed by atoms with Crippen LogP contribution in [-0.4, -0.2) is 70.7 Å². The number of aliphatic carboxylic acids is 2. The fourth-order valence-corrected chi connectivity index (χ4v) is 1.80. The minimum Gasteiger partial charge on any atom is -0.479 e. The predicted octanol–water partition coefficient (Wildman–Crippen LogP) is 2.10. The first-order valence-corrected chi connectivity index (χ1v) is 9.81. The number of carbonyl (C=O) groups excluding carboxylic acids is 4. The Hall–Kier alpha value is -1.94. The first-order valence-electron chi connectivity index (χ1n) is 9.81. The van der Waals surface area contributed by atoms with Gasteiger partial charge in [-0.25, -0.2) is 9.59 Å². The van der Waals surface area contributed by atoms with Crippen molar-refractivity contribution in [1.82, 2.24) is 0 Å². The van der Waals surface area contributed by atoms with Crippen molar-refractivity contribution in [2.75, 3.05) is 14.2 Å². The Kier molecular flexibility index (Phi) is 14.1. The molecule has 0 bridgehead atoms. The molecule has 0 amide bonds. The minimum absolute atomic E-state index is 0. The zero-order valence-corrected chi connectivity index (χ0v) is 21.8. The monoisotopic (exact) mass is 523 g/mol. The largest absolute Gasteiger partial charge is 0.479 e. The van der Waals surface area contributed by atoms with E-state index in [1.54, 1.807) is 41.5 Å². The van der Waals surface area contributed by atoms with Crippen LogP contribution in [0, 0.1) is 10.8 Å².